The van der Waals surface area contributed by atoms with Crippen LogP contribution >= 0.6 is 0 Å². The summed E-state index contributed by atoms with van der Waals surface area (Å²) in [6.07, 6.45) is 0. The maximum Gasteiger partial charge on any atom is 0.195 e. The molecule has 0 aliphatic carbocycles. The number of halogens is 1. The second kappa shape index (κ2) is 10.6. The molecule has 0 unspecified atom stereocenters. The van der Waals surface area contributed by atoms with Crippen LogP contribution in [0.5, 0.6) is 11.5 Å². The maximum atomic E-state index is 14.9. The predicted octanol–water partition coefficient (Wildman–Crippen LogP) is 6.21. The van der Waals surface area contributed by atoms with Crippen LogP contribution in [0.25, 0.3) is 22.3 Å². The molecule has 33 heavy (non-hydrogen) atoms. The quantitative estimate of drug-likeness (QED) is 0.349. The molecule has 0 bridgehead atoms. The van der Waals surface area contributed by atoms with Gasteiger partial charge < -0.3 is 9.47 Å². The Balaban J connectivity index is 1.68. The smallest absolute Gasteiger partial charge is 0.195 e. The molecule has 3 aromatic carbocycles. The third kappa shape index (κ3) is 6.26. The summed E-state index contributed by atoms with van der Waals surface area (Å²) in [4.78, 5) is 23.2. The van der Waals surface area contributed by atoms with Crippen LogP contribution in [0.2, 0.25) is 0 Å². The van der Waals surface area contributed by atoms with Gasteiger partial charge >= 0.3 is 0 Å². The SMILES string of the molecule is C=C(C)C(=O)COc1ccc(-c2ccc(-c3ccc(OCC(=O)C(=C)C)cc3)c(F)c2)cc1. The molecule has 4 nitrogen and oxygen atoms in total. The Morgan fingerprint density at radius 2 is 1.12 bits per heavy atom. The molecule has 0 radical (unpaired) electrons. The van der Waals surface area contributed by atoms with Crippen LogP contribution in [0.4, 0.5) is 4.39 Å². The molecule has 0 spiro atoms. The molecular weight excluding hydrogens is 419 g/mol. The minimum absolute atomic E-state index is 0.0635. The Labute approximate surface area is 193 Å². The number of hydrogen-bond donors (Lipinski definition) is 0. The van der Waals surface area contributed by atoms with Crippen molar-refractivity contribution < 1.29 is 23.5 Å². The number of carbonyl (C=O) groups excluding carboxylic acids is 2. The van der Waals surface area contributed by atoms with Gasteiger partial charge in [-0.25, -0.2) is 4.39 Å². The summed E-state index contributed by atoms with van der Waals surface area (Å²) in [6, 6.07) is 19.0. The highest BCUT2D eigenvalue weighted by Gasteiger charge is 2.10. The van der Waals surface area contributed by atoms with Crippen molar-refractivity contribution in [2.45, 2.75) is 13.8 Å². The van der Waals surface area contributed by atoms with E-state index < -0.39 is 0 Å². The van der Waals surface area contributed by atoms with Gasteiger partial charge in [0.1, 0.15) is 17.3 Å². The normalized spacial score (nSPS) is 10.4. The van der Waals surface area contributed by atoms with E-state index in [4.69, 9.17) is 9.47 Å². The maximum absolute atomic E-state index is 14.9. The van der Waals surface area contributed by atoms with E-state index in [0.29, 0.717) is 33.8 Å². The molecule has 0 fully saturated rings. The third-order valence-electron chi connectivity index (χ3n) is 5.01. The molecule has 5 heteroatoms. The second-order valence-corrected chi connectivity index (χ2v) is 7.73. The first-order chi connectivity index (χ1) is 15.7. The van der Waals surface area contributed by atoms with Gasteiger partial charge in [-0.15, -0.1) is 0 Å². The van der Waals surface area contributed by atoms with Crippen LogP contribution in [0.1, 0.15) is 13.8 Å². The average Bonchev–Trinajstić information content (AvgIpc) is 2.81. The fourth-order valence-electron chi connectivity index (χ4n) is 2.95. The Hall–Kier alpha value is -3.99. The number of Topliss-reactive ketones (excluding diaryl/α,β-unsaturated/α-hetero) is 2. The summed E-state index contributed by atoms with van der Waals surface area (Å²) in [5.41, 5.74) is 3.59. The molecule has 0 aliphatic heterocycles. The van der Waals surface area contributed by atoms with Gasteiger partial charge in [-0.1, -0.05) is 49.6 Å². The number of carbonyl (C=O) groups is 2. The van der Waals surface area contributed by atoms with Crippen LogP contribution in [0.3, 0.4) is 0 Å². The monoisotopic (exact) mass is 444 g/mol. The van der Waals surface area contributed by atoms with E-state index in [9.17, 15) is 14.0 Å². The van der Waals surface area contributed by atoms with Gasteiger partial charge in [0.05, 0.1) is 0 Å². The Kier molecular flexibility index (Phi) is 7.57. The highest BCUT2D eigenvalue weighted by atomic mass is 19.1. The number of ether oxygens (including phenoxy) is 2. The molecule has 0 aliphatic rings. The van der Waals surface area contributed by atoms with Crippen molar-refractivity contribution in [3.63, 3.8) is 0 Å². The van der Waals surface area contributed by atoms with E-state index >= 15 is 0 Å². The first-order valence-corrected chi connectivity index (χ1v) is 10.4. The zero-order valence-electron chi connectivity index (χ0n) is 18.7. The van der Waals surface area contributed by atoms with Crippen LogP contribution in [-0.4, -0.2) is 24.8 Å². The Bertz CT molecular complexity index is 1190. The third-order valence-corrected chi connectivity index (χ3v) is 5.01. The van der Waals surface area contributed by atoms with Crippen molar-refractivity contribution in [1.29, 1.82) is 0 Å². The summed E-state index contributed by atoms with van der Waals surface area (Å²) in [5.74, 6) is 0.402. The highest BCUT2D eigenvalue weighted by Crippen LogP contribution is 2.30. The molecule has 0 saturated carbocycles. The average molecular weight is 445 g/mol. The predicted molar refractivity (Wildman–Crippen MR) is 128 cm³/mol. The zero-order chi connectivity index (χ0) is 24.0. The topological polar surface area (TPSA) is 52.6 Å². The molecule has 168 valence electrons. The molecule has 0 aromatic heterocycles. The molecule has 0 heterocycles. The molecule has 3 aromatic rings. The summed E-state index contributed by atoms with van der Waals surface area (Å²) in [5, 5.41) is 0. The Morgan fingerprint density at radius 1 is 0.697 bits per heavy atom. The number of benzene rings is 3. The van der Waals surface area contributed by atoms with E-state index in [0.717, 1.165) is 11.1 Å². The van der Waals surface area contributed by atoms with E-state index in [1.807, 2.05) is 18.2 Å². The van der Waals surface area contributed by atoms with E-state index in [-0.39, 0.29) is 30.6 Å². The van der Waals surface area contributed by atoms with E-state index in [1.54, 1.807) is 56.3 Å². The Morgan fingerprint density at radius 3 is 1.55 bits per heavy atom. The van der Waals surface area contributed by atoms with Gasteiger partial charge in [-0.2, -0.15) is 0 Å². The van der Waals surface area contributed by atoms with E-state index in [2.05, 4.69) is 13.2 Å². The summed E-state index contributed by atoms with van der Waals surface area (Å²) >= 11 is 0. The molecule has 0 saturated heterocycles. The van der Waals surface area contributed by atoms with Gasteiger partial charge in [0.2, 0.25) is 0 Å². The van der Waals surface area contributed by atoms with Gasteiger partial charge in [-0.3, -0.25) is 9.59 Å². The summed E-state index contributed by atoms with van der Waals surface area (Å²) in [6.45, 7) is 10.3. The van der Waals surface area contributed by atoms with Crippen molar-refractivity contribution in [3.8, 4) is 33.8 Å². The van der Waals surface area contributed by atoms with E-state index in [1.165, 1.54) is 6.07 Å². The van der Waals surface area contributed by atoms with Gasteiger partial charge in [0.15, 0.2) is 24.8 Å². The molecule has 0 N–H and O–H groups in total. The number of rotatable bonds is 10. The van der Waals surface area contributed by atoms with Crippen molar-refractivity contribution in [1.82, 2.24) is 0 Å². The number of hydrogen-bond acceptors (Lipinski definition) is 4. The largest absolute Gasteiger partial charge is 0.485 e. The fraction of sp³-hybridized carbons (Fsp3) is 0.143. The minimum Gasteiger partial charge on any atom is -0.485 e. The number of ketones is 2. The minimum atomic E-state index is -0.356. The lowest BCUT2D eigenvalue weighted by molar-refractivity contribution is -0.118. The van der Waals surface area contributed by atoms with Crippen LogP contribution in [0, 0.1) is 5.82 Å². The van der Waals surface area contributed by atoms with Crippen molar-refractivity contribution in [3.05, 3.63) is 96.9 Å². The van der Waals surface area contributed by atoms with Crippen LogP contribution in [0.15, 0.2) is 91.0 Å². The van der Waals surface area contributed by atoms with Crippen molar-refractivity contribution >= 4 is 11.6 Å². The van der Waals surface area contributed by atoms with Gasteiger partial charge in [0.25, 0.3) is 0 Å². The lowest BCUT2D eigenvalue weighted by Gasteiger charge is -2.10. The van der Waals surface area contributed by atoms with Crippen molar-refractivity contribution in [2.24, 2.45) is 0 Å². The first-order valence-electron chi connectivity index (χ1n) is 10.4. The molecule has 0 atom stereocenters. The standard InChI is InChI=1S/C28H25FO4/c1-18(2)27(30)16-32-23-10-5-20(6-11-23)22-9-14-25(26(29)15-22)21-7-12-24(13-8-21)33-17-28(31)19(3)4/h5-15H,1,3,16-17H2,2,4H3. The molecular formula is C28H25FO4. The highest BCUT2D eigenvalue weighted by molar-refractivity contribution is 5.95. The second-order valence-electron chi connectivity index (χ2n) is 7.73. The van der Waals surface area contributed by atoms with Gasteiger partial charge in [0, 0.05) is 5.56 Å². The molecule has 0 amide bonds. The fourth-order valence-corrected chi connectivity index (χ4v) is 2.95. The van der Waals surface area contributed by atoms with Crippen molar-refractivity contribution in [2.75, 3.05) is 13.2 Å². The molecule has 3 rings (SSSR count). The first kappa shape index (κ1) is 23.7. The van der Waals surface area contributed by atoms with Crippen LogP contribution < -0.4 is 9.47 Å². The summed E-state index contributed by atoms with van der Waals surface area (Å²) < 4.78 is 25.8. The van der Waals surface area contributed by atoms with Crippen LogP contribution in [-0.2, 0) is 9.59 Å². The lowest BCUT2D eigenvalue weighted by atomic mass is 9.99. The summed E-state index contributed by atoms with van der Waals surface area (Å²) in [7, 11) is 0. The zero-order valence-corrected chi connectivity index (χ0v) is 18.7. The van der Waals surface area contributed by atoms with Gasteiger partial charge in [-0.05, 0) is 72.0 Å². The lowest BCUT2D eigenvalue weighted by Crippen LogP contribution is -2.11.